The van der Waals surface area contributed by atoms with Gasteiger partial charge in [0.25, 0.3) is 0 Å². The molecule has 0 saturated heterocycles. The summed E-state index contributed by atoms with van der Waals surface area (Å²) in [5.41, 5.74) is 5.07. The van der Waals surface area contributed by atoms with Crippen LogP contribution in [0.4, 0.5) is 0 Å². The van der Waals surface area contributed by atoms with E-state index in [1.807, 2.05) is 0 Å². The summed E-state index contributed by atoms with van der Waals surface area (Å²) in [4.78, 5) is 0. The smallest absolute Gasteiger partial charge is 0.0860 e. The Bertz CT molecular complexity index is 766. The zero-order chi connectivity index (χ0) is 23.7. The van der Waals surface area contributed by atoms with E-state index < -0.39 is 0 Å². The molecule has 32 heavy (non-hydrogen) atoms. The fourth-order valence-corrected chi connectivity index (χ4v) is 7.01. The van der Waals surface area contributed by atoms with Crippen molar-refractivity contribution < 1.29 is 4.52 Å². The molecule has 0 spiro atoms. The summed E-state index contributed by atoms with van der Waals surface area (Å²) in [6.45, 7) is 21.2. The van der Waals surface area contributed by atoms with Crippen molar-refractivity contribution in [2.24, 2.45) is 40.4 Å². The van der Waals surface area contributed by atoms with E-state index in [-0.39, 0.29) is 6.10 Å². The predicted octanol–water partition coefficient (Wildman–Crippen LogP) is 9.09. The van der Waals surface area contributed by atoms with Crippen LogP contribution in [-0.4, -0.2) is 6.10 Å². The molecular weight excluding hydrogens is 407 g/mol. The number of hydrogen-bond donors (Lipinski definition) is 0. The van der Waals surface area contributed by atoms with E-state index in [1.54, 1.807) is 5.57 Å². The van der Waals surface area contributed by atoms with Gasteiger partial charge in [0.15, 0.2) is 0 Å². The Kier molecular flexibility index (Phi) is 8.37. The minimum Gasteiger partial charge on any atom is -0.358 e. The summed E-state index contributed by atoms with van der Waals surface area (Å²) < 4.78 is 5.63. The largest absolute Gasteiger partial charge is 0.358 e. The van der Waals surface area contributed by atoms with Crippen LogP contribution in [-0.2, 0) is 4.52 Å². The van der Waals surface area contributed by atoms with Crippen LogP contribution in [0.1, 0.15) is 93.4 Å². The van der Waals surface area contributed by atoms with Crippen molar-refractivity contribution in [3.63, 3.8) is 0 Å². The Labute approximate surface area is 201 Å². The molecule has 3 unspecified atom stereocenters. The van der Waals surface area contributed by atoms with Crippen molar-refractivity contribution in [3.05, 3.63) is 47.6 Å². The zero-order valence-corrected chi connectivity index (χ0v) is 23.1. The maximum Gasteiger partial charge on any atom is 0.0860 e. The highest BCUT2D eigenvalue weighted by atomic mass is 31.0. The third kappa shape index (κ3) is 5.52. The number of allylic oxidation sites excluding steroid dienone is 5. The molecular formula is C30H49OP. The van der Waals surface area contributed by atoms with Crippen LogP contribution >= 0.6 is 9.47 Å². The monoisotopic (exact) mass is 456 g/mol. The molecule has 1 nitrogen and oxygen atoms in total. The van der Waals surface area contributed by atoms with Gasteiger partial charge in [0.1, 0.15) is 0 Å². The van der Waals surface area contributed by atoms with Gasteiger partial charge < -0.3 is 4.52 Å². The van der Waals surface area contributed by atoms with Gasteiger partial charge in [-0.2, -0.15) is 0 Å². The van der Waals surface area contributed by atoms with Gasteiger partial charge in [0.05, 0.1) is 6.10 Å². The van der Waals surface area contributed by atoms with E-state index in [0.29, 0.717) is 28.6 Å². The molecule has 3 aliphatic rings. The molecule has 180 valence electrons. The summed E-state index contributed by atoms with van der Waals surface area (Å²) in [5, 5.41) is 0. The fourth-order valence-electron chi connectivity index (χ4n) is 6.73. The highest BCUT2D eigenvalue weighted by Gasteiger charge is 2.50. The minimum atomic E-state index is 0.156. The third-order valence-corrected chi connectivity index (χ3v) is 9.72. The van der Waals surface area contributed by atoms with Crippen LogP contribution in [0, 0.1) is 40.4 Å². The lowest BCUT2D eigenvalue weighted by Gasteiger charge is -2.44. The van der Waals surface area contributed by atoms with E-state index in [0.717, 1.165) is 24.7 Å². The van der Waals surface area contributed by atoms with E-state index in [9.17, 15) is 0 Å². The van der Waals surface area contributed by atoms with Crippen molar-refractivity contribution in [2.45, 2.75) is 99.5 Å². The first-order valence-electron chi connectivity index (χ1n) is 13.1. The second-order valence-electron chi connectivity index (χ2n) is 12.6. The average molecular weight is 457 g/mol. The SMILES string of the molecule is C=C1/C(=C\C=C2/CCC[C@]3(C)C([C@H](C)/C=C\C(C)C(C)(C)C)CC[C@@H]23)C[C@@H](C)C[C@@H]1OP. The molecule has 0 radical (unpaired) electrons. The lowest BCUT2D eigenvalue weighted by Crippen LogP contribution is -2.35. The van der Waals surface area contributed by atoms with Gasteiger partial charge in [-0.1, -0.05) is 84.9 Å². The molecule has 0 aliphatic heterocycles. The molecule has 0 amide bonds. The Hall–Kier alpha value is -0.650. The Balaban J connectivity index is 1.77. The predicted molar refractivity (Wildman–Crippen MR) is 143 cm³/mol. The molecule has 8 atom stereocenters. The van der Waals surface area contributed by atoms with Gasteiger partial charge in [-0.3, -0.25) is 0 Å². The number of hydrogen-bond acceptors (Lipinski definition) is 1. The van der Waals surface area contributed by atoms with Crippen LogP contribution in [0.5, 0.6) is 0 Å². The second kappa shape index (κ2) is 10.3. The van der Waals surface area contributed by atoms with Gasteiger partial charge >= 0.3 is 0 Å². The first kappa shape index (κ1) is 26.0. The minimum absolute atomic E-state index is 0.156. The molecule has 0 heterocycles. The molecule has 0 aromatic rings. The molecule has 0 aromatic heterocycles. The second-order valence-corrected chi connectivity index (χ2v) is 12.9. The maximum absolute atomic E-state index is 5.63. The lowest BCUT2D eigenvalue weighted by molar-refractivity contribution is 0.112. The van der Waals surface area contributed by atoms with Crippen molar-refractivity contribution in [1.82, 2.24) is 0 Å². The first-order valence-corrected chi connectivity index (χ1v) is 13.6. The van der Waals surface area contributed by atoms with E-state index in [4.69, 9.17) is 4.52 Å². The van der Waals surface area contributed by atoms with Gasteiger partial charge in [-0.25, -0.2) is 0 Å². The van der Waals surface area contributed by atoms with Crippen molar-refractivity contribution in [2.75, 3.05) is 0 Å². The van der Waals surface area contributed by atoms with Crippen LogP contribution in [0.15, 0.2) is 47.6 Å². The summed E-state index contributed by atoms with van der Waals surface area (Å²) in [6.07, 6.45) is 19.0. The van der Waals surface area contributed by atoms with Crippen molar-refractivity contribution in [3.8, 4) is 0 Å². The van der Waals surface area contributed by atoms with E-state index in [1.165, 1.54) is 43.3 Å². The number of rotatable bonds is 5. The van der Waals surface area contributed by atoms with E-state index >= 15 is 0 Å². The van der Waals surface area contributed by atoms with Gasteiger partial charge in [-0.15, -0.1) is 0 Å². The summed E-state index contributed by atoms with van der Waals surface area (Å²) >= 11 is 0. The molecule has 3 fully saturated rings. The first-order chi connectivity index (χ1) is 15.0. The normalized spacial score (nSPS) is 38.4. The van der Waals surface area contributed by atoms with E-state index in [2.05, 4.69) is 88.8 Å². The Morgan fingerprint density at radius 1 is 1.16 bits per heavy atom. The van der Waals surface area contributed by atoms with Gasteiger partial charge in [0, 0.05) is 9.47 Å². The summed E-state index contributed by atoms with van der Waals surface area (Å²) in [6, 6.07) is 0. The molecule has 3 saturated carbocycles. The molecule has 0 aromatic carbocycles. The number of fused-ring (bicyclic) bond motifs is 1. The van der Waals surface area contributed by atoms with Gasteiger partial charge in [0.2, 0.25) is 0 Å². The Morgan fingerprint density at radius 2 is 1.88 bits per heavy atom. The molecule has 3 aliphatic carbocycles. The Morgan fingerprint density at radius 3 is 2.53 bits per heavy atom. The van der Waals surface area contributed by atoms with Crippen LogP contribution in [0.2, 0.25) is 0 Å². The summed E-state index contributed by atoms with van der Waals surface area (Å²) in [5.74, 6) is 3.48. The van der Waals surface area contributed by atoms with Gasteiger partial charge in [-0.05, 0) is 96.5 Å². The molecule has 2 heteroatoms. The standard InChI is InChI=1S/C30H49OP/c1-20-18-25(23(4)28(19-20)31-32)14-13-24-10-9-17-30(8)26(15-16-27(24)30)21(2)11-12-22(3)29(5,6)7/h11-14,20-22,26-28H,4,9-10,15-19,32H2,1-3,5-8H3/b12-11-,24-13+,25-14-/t20-,21-,22?,26?,27+,28+,30-/m1/s1. The average Bonchev–Trinajstić information content (AvgIpc) is 3.08. The van der Waals surface area contributed by atoms with Crippen molar-refractivity contribution in [1.29, 1.82) is 0 Å². The van der Waals surface area contributed by atoms with Crippen LogP contribution < -0.4 is 0 Å². The van der Waals surface area contributed by atoms with Crippen molar-refractivity contribution >= 4 is 9.47 Å². The molecule has 3 rings (SSSR count). The quantitative estimate of drug-likeness (QED) is 0.296. The molecule has 0 bridgehead atoms. The third-order valence-electron chi connectivity index (χ3n) is 9.39. The lowest BCUT2D eigenvalue weighted by atomic mass is 9.61. The fraction of sp³-hybridized carbons (Fsp3) is 0.733. The summed E-state index contributed by atoms with van der Waals surface area (Å²) in [7, 11) is 2.45. The zero-order valence-electron chi connectivity index (χ0n) is 21.9. The van der Waals surface area contributed by atoms with Crippen LogP contribution in [0.3, 0.4) is 0 Å². The maximum atomic E-state index is 5.63. The topological polar surface area (TPSA) is 9.23 Å². The highest BCUT2D eigenvalue weighted by Crippen LogP contribution is 2.59. The molecule has 0 N–H and O–H groups in total. The van der Waals surface area contributed by atoms with Crippen LogP contribution in [0.25, 0.3) is 0 Å². The highest BCUT2D eigenvalue weighted by molar-refractivity contribution is 7.09.